The van der Waals surface area contributed by atoms with Gasteiger partial charge in [0, 0.05) is 24.2 Å². The van der Waals surface area contributed by atoms with Crippen LogP contribution in [0.3, 0.4) is 0 Å². The number of fused-ring (bicyclic) bond motifs is 4. The molecule has 4 heterocycles. The second kappa shape index (κ2) is 10.5. The van der Waals surface area contributed by atoms with Crippen molar-refractivity contribution in [2.24, 2.45) is 11.8 Å². The number of amides is 2. The average molecular weight is 511 g/mol. The molecule has 10 nitrogen and oxygen atoms in total. The van der Waals surface area contributed by atoms with E-state index in [0.717, 1.165) is 25.7 Å². The lowest BCUT2D eigenvalue weighted by atomic mass is 9.91. The molecule has 0 aromatic rings. The highest BCUT2D eigenvalue weighted by Crippen LogP contribution is 2.40. The van der Waals surface area contributed by atoms with E-state index in [1.54, 1.807) is 9.80 Å². The van der Waals surface area contributed by atoms with Crippen LogP contribution in [0.1, 0.15) is 92.9 Å². The zero-order valence-corrected chi connectivity index (χ0v) is 22.4. The minimum Gasteiger partial charge on any atom is -0.481 e. The molecule has 0 radical (unpaired) electrons. The van der Waals surface area contributed by atoms with Gasteiger partial charge in [-0.2, -0.15) is 0 Å². The maximum absolute atomic E-state index is 12.1. The topological polar surface area (TPSA) is 134 Å². The lowest BCUT2D eigenvalue weighted by Gasteiger charge is -2.38. The molecule has 0 aromatic heterocycles. The molecule has 2 amide bonds. The lowest BCUT2D eigenvalue weighted by Crippen LogP contribution is -2.49. The quantitative estimate of drug-likeness (QED) is 0.555. The van der Waals surface area contributed by atoms with Crippen LogP contribution in [0.2, 0.25) is 0 Å². The number of carboxylic acids is 2. The summed E-state index contributed by atoms with van der Waals surface area (Å²) in [5.41, 5.74) is -1.000. The summed E-state index contributed by atoms with van der Waals surface area (Å²) in [5.74, 6) is -2.09. The zero-order chi connectivity index (χ0) is 27.0. The van der Waals surface area contributed by atoms with E-state index in [1.807, 2.05) is 41.5 Å². The summed E-state index contributed by atoms with van der Waals surface area (Å²) in [5, 5.41) is 18.2. The third kappa shape index (κ3) is 6.82. The van der Waals surface area contributed by atoms with E-state index in [0.29, 0.717) is 25.7 Å². The van der Waals surface area contributed by atoms with Crippen molar-refractivity contribution in [2.45, 2.75) is 128 Å². The summed E-state index contributed by atoms with van der Waals surface area (Å²) < 4.78 is 10.8. The first kappa shape index (κ1) is 28.1. The van der Waals surface area contributed by atoms with E-state index >= 15 is 0 Å². The summed E-state index contributed by atoms with van der Waals surface area (Å²) in [6, 6.07) is 0.166. The number of hydrogen-bond acceptors (Lipinski definition) is 6. The third-order valence-corrected chi connectivity index (χ3v) is 7.37. The van der Waals surface area contributed by atoms with Gasteiger partial charge in [-0.25, -0.2) is 9.59 Å². The van der Waals surface area contributed by atoms with Crippen molar-refractivity contribution in [3.8, 4) is 0 Å². The third-order valence-electron chi connectivity index (χ3n) is 7.37. The smallest absolute Gasteiger partial charge is 0.410 e. The Balaban J connectivity index is 0.000000201. The van der Waals surface area contributed by atoms with Crippen LogP contribution in [0.25, 0.3) is 0 Å². The Hall–Kier alpha value is -2.52. The summed E-state index contributed by atoms with van der Waals surface area (Å²) in [6.07, 6.45) is 5.24. The van der Waals surface area contributed by atoms with E-state index in [9.17, 15) is 19.2 Å². The molecule has 6 atom stereocenters. The molecule has 36 heavy (non-hydrogen) atoms. The summed E-state index contributed by atoms with van der Waals surface area (Å²) in [7, 11) is 0. The average Bonchev–Trinajstić information content (AvgIpc) is 3.14. The number of carbonyl (C=O) groups excluding carboxylic acids is 2. The van der Waals surface area contributed by atoms with Gasteiger partial charge < -0.3 is 29.5 Å². The molecular weight excluding hydrogens is 468 g/mol. The number of carboxylic acid groups (broad SMARTS) is 2. The molecule has 4 saturated heterocycles. The van der Waals surface area contributed by atoms with Gasteiger partial charge in [-0.1, -0.05) is 0 Å². The fraction of sp³-hybridized carbons (Fsp3) is 0.846. The first-order valence-corrected chi connectivity index (χ1v) is 13.0. The number of ether oxygens (including phenoxy) is 2. The number of nitrogens with zero attached hydrogens (tertiary/aromatic N) is 2. The summed E-state index contributed by atoms with van der Waals surface area (Å²) in [4.78, 5) is 49.8. The van der Waals surface area contributed by atoms with Gasteiger partial charge >= 0.3 is 24.1 Å². The van der Waals surface area contributed by atoms with Gasteiger partial charge in [-0.3, -0.25) is 9.59 Å². The highest BCUT2D eigenvalue weighted by Gasteiger charge is 2.47. The zero-order valence-electron chi connectivity index (χ0n) is 22.4. The predicted molar refractivity (Wildman–Crippen MR) is 130 cm³/mol. The SMILES string of the molecule is CC(C)(C)OC(=O)N1[C@@H]2CC[C@H]1CC(C(=O)O)C2.CC(C)(C)OC(=O)N1[C@@H]2CC[C@H]1CC(C(=O)O)C2. The van der Waals surface area contributed by atoms with Gasteiger partial charge in [-0.15, -0.1) is 0 Å². The number of piperidine rings is 2. The Morgan fingerprint density at radius 1 is 0.583 bits per heavy atom. The minimum absolute atomic E-state index is 0.0414. The largest absolute Gasteiger partial charge is 0.481 e. The molecule has 10 heteroatoms. The summed E-state index contributed by atoms with van der Waals surface area (Å²) >= 11 is 0. The number of hydrogen-bond donors (Lipinski definition) is 2. The summed E-state index contributed by atoms with van der Waals surface area (Å²) in [6.45, 7) is 11.1. The molecule has 4 aliphatic rings. The standard InChI is InChI=1S/2C13H21NO4/c2*1-13(2,3)18-12(17)14-9-4-5-10(14)7-8(6-9)11(15)16/h2*8-10H,4-7H2,1-3H3,(H,15,16)/t2*8?,9-,10+. The number of aliphatic carboxylic acids is 2. The molecular formula is C26H42N2O8. The van der Waals surface area contributed by atoms with E-state index in [2.05, 4.69) is 0 Å². The van der Waals surface area contributed by atoms with Gasteiger partial charge in [0.2, 0.25) is 0 Å². The highest BCUT2D eigenvalue weighted by molar-refractivity contribution is 5.74. The predicted octanol–water partition coefficient (Wildman–Crippen LogP) is 4.50. The molecule has 4 fully saturated rings. The fourth-order valence-corrected chi connectivity index (χ4v) is 5.98. The van der Waals surface area contributed by atoms with Crippen molar-refractivity contribution in [3.63, 3.8) is 0 Å². The van der Waals surface area contributed by atoms with Crippen LogP contribution in [-0.2, 0) is 19.1 Å². The Morgan fingerprint density at radius 3 is 1.03 bits per heavy atom. The Bertz CT molecular complexity index is 763. The normalized spacial score (nSPS) is 31.3. The molecule has 2 unspecified atom stereocenters. The van der Waals surface area contributed by atoms with Crippen LogP contribution < -0.4 is 0 Å². The number of carbonyl (C=O) groups is 4. The van der Waals surface area contributed by atoms with Crippen molar-refractivity contribution in [1.29, 1.82) is 0 Å². The van der Waals surface area contributed by atoms with Crippen LogP contribution in [0, 0.1) is 11.8 Å². The lowest BCUT2D eigenvalue weighted by molar-refractivity contribution is -0.145. The van der Waals surface area contributed by atoms with Crippen molar-refractivity contribution >= 4 is 24.1 Å². The van der Waals surface area contributed by atoms with Crippen LogP contribution in [0.15, 0.2) is 0 Å². The van der Waals surface area contributed by atoms with E-state index in [-0.39, 0.29) is 48.2 Å². The van der Waals surface area contributed by atoms with Gasteiger partial charge in [0.25, 0.3) is 0 Å². The number of rotatable bonds is 2. The molecule has 4 bridgehead atoms. The molecule has 4 rings (SSSR count). The highest BCUT2D eigenvalue weighted by atomic mass is 16.6. The minimum atomic E-state index is -0.740. The fourth-order valence-electron chi connectivity index (χ4n) is 5.98. The van der Waals surface area contributed by atoms with Crippen molar-refractivity contribution in [1.82, 2.24) is 9.80 Å². The van der Waals surface area contributed by atoms with Crippen molar-refractivity contribution in [2.75, 3.05) is 0 Å². The van der Waals surface area contributed by atoms with Crippen molar-refractivity contribution in [3.05, 3.63) is 0 Å². The van der Waals surface area contributed by atoms with E-state index in [1.165, 1.54) is 0 Å². The van der Waals surface area contributed by atoms with Gasteiger partial charge in [-0.05, 0) is 92.9 Å². The first-order valence-electron chi connectivity index (χ1n) is 13.0. The Kier molecular flexibility index (Phi) is 8.15. The molecule has 0 aromatic carbocycles. The van der Waals surface area contributed by atoms with E-state index in [4.69, 9.17) is 19.7 Å². The van der Waals surface area contributed by atoms with Crippen LogP contribution >= 0.6 is 0 Å². The van der Waals surface area contributed by atoms with Gasteiger partial charge in [0.05, 0.1) is 11.8 Å². The molecule has 2 N–H and O–H groups in total. The molecule has 0 saturated carbocycles. The first-order chi connectivity index (χ1) is 16.6. The molecule has 4 aliphatic heterocycles. The second-order valence-electron chi connectivity index (χ2n) is 12.6. The van der Waals surface area contributed by atoms with E-state index < -0.39 is 23.1 Å². The molecule has 0 spiro atoms. The molecule has 204 valence electrons. The van der Waals surface area contributed by atoms with Gasteiger partial charge in [0.1, 0.15) is 11.2 Å². The van der Waals surface area contributed by atoms with Crippen LogP contribution in [0.4, 0.5) is 9.59 Å². The Morgan fingerprint density at radius 2 is 0.833 bits per heavy atom. The molecule has 0 aliphatic carbocycles. The monoisotopic (exact) mass is 510 g/mol. The van der Waals surface area contributed by atoms with Gasteiger partial charge in [0.15, 0.2) is 0 Å². The van der Waals surface area contributed by atoms with Crippen LogP contribution in [0.5, 0.6) is 0 Å². The Labute approximate surface area is 213 Å². The van der Waals surface area contributed by atoms with Crippen LogP contribution in [-0.4, -0.2) is 79.5 Å². The second-order valence-corrected chi connectivity index (χ2v) is 12.6. The maximum Gasteiger partial charge on any atom is 0.410 e. The van der Waals surface area contributed by atoms with Crippen molar-refractivity contribution < 1.29 is 38.9 Å². The maximum atomic E-state index is 12.1.